The standard InChI is InChI=1S/C30H25BrN4O5S2/c31-22-8-4-5-20(17-22)18-27(35-29(37)21-6-2-1-3-7-21)30(38)34-24-9-13-25(14-10-24)41-19-28(36)33-23-11-15-26(16-12-23)42(32,39)40/h1-18H,19H2,(H,33,36)(H,34,38)(H,35,37)(H2,32,39,40)/b27-18-. The molecule has 0 aliphatic carbocycles. The highest BCUT2D eigenvalue weighted by molar-refractivity contribution is 9.10. The lowest BCUT2D eigenvalue weighted by Crippen LogP contribution is -2.30. The van der Waals surface area contributed by atoms with Gasteiger partial charge in [0, 0.05) is 26.3 Å². The van der Waals surface area contributed by atoms with Crippen LogP contribution >= 0.6 is 27.7 Å². The number of nitrogens with one attached hydrogen (secondary N) is 3. The van der Waals surface area contributed by atoms with Gasteiger partial charge >= 0.3 is 0 Å². The van der Waals surface area contributed by atoms with Gasteiger partial charge in [-0.25, -0.2) is 13.6 Å². The van der Waals surface area contributed by atoms with Crippen LogP contribution in [0.2, 0.25) is 0 Å². The zero-order valence-corrected chi connectivity index (χ0v) is 25.1. The molecule has 12 heteroatoms. The summed E-state index contributed by atoms with van der Waals surface area (Å²) < 4.78 is 23.6. The minimum absolute atomic E-state index is 0.0450. The lowest BCUT2D eigenvalue weighted by molar-refractivity contribution is -0.114. The largest absolute Gasteiger partial charge is 0.325 e. The summed E-state index contributed by atoms with van der Waals surface area (Å²) in [5.41, 5.74) is 2.13. The normalized spacial score (nSPS) is 11.4. The van der Waals surface area contributed by atoms with Gasteiger partial charge < -0.3 is 16.0 Å². The summed E-state index contributed by atoms with van der Waals surface area (Å²) in [5, 5.41) is 13.3. The van der Waals surface area contributed by atoms with Gasteiger partial charge in [-0.05, 0) is 84.4 Å². The van der Waals surface area contributed by atoms with E-state index in [1.165, 1.54) is 36.0 Å². The highest BCUT2D eigenvalue weighted by atomic mass is 79.9. The monoisotopic (exact) mass is 664 g/mol. The van der Waals surface area contributed by atoms with Crippen LogP contribution in [0.4, 0.5) is 11.4 Å². The van der Waals surface area contributed by atoms with Crippen molar-refractivity contribution in [2.24, 2.45) is 5.14 Å². The zero-order valence-electron chi connectivity index (χ0n) is 21.9. The van der Waals surface area contributed by atoms with Crippen molar-refractivity contribution in [2.75, 3.05) is 16.4 Å². The maximum absolute atomic E-state index is 13.2. The number of primary sulfonamides is 1. The molecule has 0 fully saturated rings. The van der Waals surface area contributed by atoms with E-state index in [4.69, 9.17) is 5.14 Å². The number of carbonyl (C=O) groups is 3. The first-order chi connectivity index (χ1) is 20.1. The third-order valence-corrected chi connectivity index (χ3v) is 8.07. The topological polar surface area (TPSA) is 147 Å². The molecule has 0 saturated carbocycles. The van der Waals surface area contributed by atoms with E-state index in [9.17, 15) is 22.8 Å². The van der Waals surface area contributed by atoms with E-state index >= 15 is 0 Å². The Labute approximate surface area is 255 Å². The van der Waals surface area contributed by atoms with E-state index in [0.717, 1.165) is 9.37 Å². The van der Waals surface area contributed by atoms with E-state index in [2.05, 4.69) is 31.9 Å². The smallest absolute Gasteiger partial charge is 0.272 e. The molecule has 0 heterocycles. The van der Waals surface area contributed by atoms with Gasteiger partial charge in [0.1, 0.15) is 5.70 Å². The van der Waals surface area contributed by atoms with Gasteiger partial charge in [0.15, 0.2) is 0 Å². The van der Waals surface area contributed by atoms with Crippen molar-refractivity contribution in [3.63, 3.8) is 0 Å². The summed E-state index contributed by atoms with van der Waals surface area (Å²) in [7, 11) is -3.81. The van der Waals surface area contributed by atoms with Crippen LogP contribution in [0.15, 0.2) is 123 Å². The van der Waals surface area contributed by atoms with Crippen LogP contribution in [0.5, 0.6) is 0 Å². The Morgan fingerprint density at radius 2 is 1.45 bits per heavy atom. The molecule has 5 N–H and O–H groups in total. The molecule has 0 bridgehead atoms. The number of sulfonamides is 1. The average molecular weight is 666 g/mol. The number of nitrogens with two attached hydrogens (primary N) is 1. The molecule has 0 unspecified atom stereocenters. The molecule has 4 rings (SSSR count). The molecule has 0 spiro atoms. The number of benzene rings is 4. The fraction of sp³-hybridized carbons (Fsp3) is 0.0333. The molecule has 0 aromatic heterocycles. The zero-order chi connectivity index (χ0) is 30.1. The molecule has 0 radical (unpaired) electrons. The molecule has 214 valence electrons. The van der Waals surface area contributed by atoms with Gasteiger partial charge in [-0.3, -0.25) is 14.4 Å². The van der Waals surface area contributed by atoms with Crippen molar-refractivity contribution in [3.8, 4) is 0 Å². The van der Waals surface area contributed by atoms with Crippen LogP contribution in [0.3, 0.4) is 0 Å². The first-order valence-electron chi connectivity index (χ1n) is 12.4. The maximum atomic E-state index is 13.2. The van der Waals surface area contributed by atoms with Crippen LogP contribution < -0.4 is 21.1 Å². The minimum atomic E-state index is -3.81. The number of carbonyl (C=O) groups excluding carboxylic acids is 3. The Morgan fingerprint density at radius 3 is 2.10 bits per heavy atom. The Morgan fingerprint density at radius 1 is 0.810 bits per heavy atom. The number of thioether (sulfide) groups is 1. The lowest BCUT2D eigenvalue weighted by Gasteiger charge is -2.12. The Bertz CT molecular complexity index is 1730. The van der Waals surface area contributed by atoms with E-state index in [1.807, 2.05) is 24.3 Å². The van der Waals surface area contributed by atoms with Gasteiger partial charge in [-0.2, -0.15) is 0 Å². The number of anilines is 2. The summed E-state index contributed by atoms with van der Waals surface area (Å²) in [4.78, 5) is 39.1. The Kier molecular flexibility index (Phi) is 10.3. The van der Waals surface area contributed by atoms with Crippen molar-refractivity contribution in [1.29, 1.82) is 0 Å². The van der Waals surface area contributed by atoms with Crippen LogP contribution in [0.1, 0.15) is 15.9 Å². The molecule has 9 nitrogen and oxygen atoms in total. The van der Waals surface area contributed by atoms with Gasteiger partial charge in [-0.1, -0.05) is 46.3 Å². The van der Waals surface area contributed by atoms with Crippen LogP contribution in [-0.4, -0.2) is 31.9 Å². The molecule has 0 atom stereocenters. The van der Waals surface area contributed by atoms with Crippen molar-refractivity contribution >= 4 is 72.9 Å². The Hall–Kier alpha value is -4.23. The SMILES string of the molecule is NS(=O)(=O)c1ccc(NC(=O)CSc2ccc(NC(=O)/C(=C/c3cccc(Br)c3)NC(=O)c3ccccc3)cc2)cc1. The van der Waals surface area contributed by atoms with Gasteiger partial charge in [0.25, 0.3) is 11.8 Å². The average Bonchev–Trinajstić information content (AvgIpc) is 2.97. The molecule has 3 amide bonds. The number of halogens is 1. The second-order valence-corrected chi connectivity index (χ2v) is 12.3. The van der Waals surface area contributed by atoms with Crippen LogP contribution in [-0.2, 0) is 19.6 Å². The van der Waals surface area contributed by atoms with Crippen molar-refractivity contribution in [2.45, 2.75) is 9.79 Å². The van der Waals surface area contributed by atoms with Crippen LogP contribution in [0.25, 0.3) is 6.08 Å². The fourth-order valence-electron chi connectivity index (χ4n) is 3.61. The van der Waals surface area contributed by atoms with Gasteiger partial charge in [0.2, 0.25) is 15.9 Å². The van der Waals surface area contributed by atoms with Crippen molar-refractivity contribution in [3.05, 3.63) is 124 Å². The predicted octanol–water partition coefficient (Wildman–Crippen LogP) is 5.24. The molecule has 4 aromatic rings. The number of hydrogen-bond acceptors (Lipinski definition) is 6. The minimum Gasteiger partial charge on any atom is -0.325 e. The van der Waals surface area contributed by atoms with E-state index < -0.39 is 21.8 Å². The number of hydrogen-bond donors (Lipinski definition) is 4. The second-order valence-electron chi connectivity index (χ2n) is 8.82. The third kappa shape index (κ3) is 9.14. The number of amides is 3. The summed E-state index contributed by atoms with van der Waals surface area (Å²) in [6, 6.07) is 28.4. The molecular weight excluding hydrogens is 640 g/mol. The third-order valence-electron chi connectivity index (χ3n) is 5.64. The van der Waals surface area contributed by atoms with Crippen molar-refractivity contribution in [1.82, 2.24) is 5.32 Å². The maximum Gasteiger partial charge on any atom is 0.272 e. The summed E-state index contributed by atoms with van der Waals surface area (Å²) in [6.45, 7) is 0. The van der Waals surface area contributed by atoms with Gasteiger partial charge in [0.05, 0.1) is 10.6 Å². The molecule has 0 saturated heterocycles. The van der Waals surface area contributed by atoms with Crippen molar-refractivity contribution < 1.29 is 22.8 Å². The summed E-state index contributed by atoms with van der Waals surface area (Å²) in [5.74, 6) is -1.10. The molecular formula is C30H25BrN4O5S2. The first kappa shape index (κ1) is 30.7. The van der Waals surface area contributed by atoms with E-state index in [0.29, 0.717) is 22.5 Å². The highest BCUT2D eigenvalue weighted by Crippen LogP contribution is 2.22. The highest BCUT2D eigenvalue weighted by Gasteiger charge is 2.15. The summed E-state index contributed by atoms with van der Waals surface area (Å²) >= 11 is 4.70. The molecule has 42 heavy (non-hydrogen) atoms. The quantitative estimate of drug-likeness (QED) is 0.135. The van der Waals surface area contributed by atoms with Crippen LogP contribution in [0, 0.1) is 0 Å². The number of rotatable bonds is 10. The second kappa shape index (κ2) is 14.1. The fourth-order valence-corrected chi connectivity index (χ4v) is 5.24. The predicted molar refractivity (Wildman–Crippen MR) is 168 cm³/mol. The van der Waals surface area contributed by atoms with E-state index in [1.54, 1.807) is 60.7 Å². The molecule has 0 aliphatic rings. The first-order valence-corrected chi connectivity index (χ1v) is 15.7. The summed E-state index contributed by atoms with van der Waals surface area (Å²) in [6.07, 6.45) is 1.59. The molecule has 0 aliphatic heterocycles. The van der Waals surface area contributed by atoms with Gasteiger partial charge in [-0.15, -0.1) is 11.8 Å². The molecule has 4 aromatic carbocycles. The Balaban J connectivity index is 1.38. The van der Waals surface area contributed by atoms with E-state index in [-0.39, 0.29) is 22.3 Å². The lowest BCUT2D eigenvalue weighted by atomic mass is 10.1.